The predicted molar refractivity (Wildman–Crippen MR) is 123 cm³/mol. The quantitative estimate of drug-likeness (QED) is 0.351. The molecule has 1 aliphatic heterocycles. The van der Waals surface area contributed by atoms with Crippen LogP contribution in [0.5, 0.6) is 11.5 Å². The second-order valence-electron chi connectivity index (χ2n) is 7.21. The van der Waals surface area contributed by atoms with Gasteiger partial charge in [0.1, 0.15) is 6.54 Å². The largest absolute Gasteiger partial charge is 0.500 e. The number of aryl methyl sites for hydroxylation is 2. The van der Waals surface area contributed by atoms with Crippen LogP contribution >= 0.6 is 11.8 Å². The van der Waals surface area contributed by atoms with E-state index in [2.05, 4.69) is 5.32 Å². The summed E-state index contributed by atoms with van der Waals surface area (Å²) in [4.78, 5) is 48.8. The van der Waals surface area contributed by atoms with Gasteiger partial charge in [-0.25, -0.2) is 0 Å². The van der Waals surface area contributed by atoms with Crippen molar-refractivity contribution in [3.05, 3.63) is 62.0 Å². The minimum atomic E-state index is -0.779. The van der Waals surface area contributed by atoms with Crippen molar-refractivity contribution >= 4 is 46.3 Å². The van der Waals surface area contributed by atoms with E-state index in [1.807, 2.05) is 26.0 Å². The van der Waals surface area contributed by atoms with Crippen LogP contribution in [0.2, 0.25) is 0 Å². The molecule has 1 aliphatic rings. The highest BCUT2D eigenvalue weighted by Crippen LogP contribution is 2.39. The highest BCUT2D eigenvalue weighted by atomic mass is 32.2. The van der Waals surface area contributed by atoms with E-state index in [1.54, 1.807) is 13.0 Å². The van der Waals surface area contributed by atoms with Crippen LogP contribution in [0.4, 0.5) is 16.2 Å². The van der Waals surface area contributed by atoms with E-state index < -0.39 is 40.0 Å². The highest BCUT2D eigenvalue weighted by Gasteiger charge is 2.36. The Balaban J connectivity index is 1.81. The lowest BCUT2D eigenvalue weighted by Crippen LogP contribution is -2.36. The van der Waals surface area contributed by atoms with Gasteiger partial charge in [0, 0.05) is 11.8 Å². The van der Waals surface area contributed by atoms with Crippen LogP contribution in [0, 0.1) is 24.0 Å². The van der Waals surface area contributed by atoms with Crippen molar-refractivity contribution < 1.29 is 29.2 Å². The molecule has 3 rings (SSSR count). The molecule has 2 N–H and O–H groups in total. The van der Waals surface area contributed by atoms with Crippen LogP contribution in [0.3, 0.4) is 0 Å². The number of thioether (sulfide) groups is 1. The zero-order valence-electron chi connectivity index (χ0n) is 18.1. The molecule has 0 aromatic heterocycles. The second-order valence-corrected chi connectivity index (χ2v) is 8.20. The normalized spacial score (nSPS) is 14.6. The lowest BCUT2D eigenvalue weighted by atomic mass is 10.1. The Labute approximate surface area is 193 Å². The molecule has 33 heavy (non-hydrogen) atoms. The first kappa shape index (κ1) is 23.8. The molecule has 0 atom stereocenters. The molecule has 11 heteroatoms. The lowest BCUT2D eigenvalue weighted by molar-refractivity contribution is -0.386. The first-order chi connectivity index (χ1) is 15.6. The van der Waals surface area contributed by atoms with Gasteiger partial charge < -0.3 is 15.2 Å². The van der Waals surface area contributed by atoms with E-state index in [1.165, 1.54) is 12.1 Å². The smallest absolute Gasteiger partial charge is 0.315 e. The molecule has 0 saturated carbocycles. The molecule has 0 unspecified atom stereocenters. The highest BCUT2D eigenvalue weighted by molar-refractivity contribution is 8.18. The fourth-order valence-electron chi connectivity index (χ4n) is 3.09. The van der Waals surface area contributed by atoms with Crippen LogP contribution in [0.25, 0.3) is 6.08 Å². The molecule has 2 aromatic carbocycles. The minimum Gasteiger partial charge on any atom is -0.500 e. The summed E-state index contributed by atoms with van der Waals surface area (Å²) in [5.74, 6) is -1.98. The Morgan fingerprint density at radius 2 is 2.00 bits per heavy atom. The van der Waals surface area contributed by atoms with Gasteiger partial charge in [0.25, 0.3) is 11.1 Å². The maximum absolute atomic E-state index is 12.7. The van der Waals surface area contributed by atoms with Crippen molar-refractivity contribution in [1.82, 2.24) is 4.90 Å². The Morgan fingerprint density at radius 3 is 2.67 bits per heavy atom. The number of nitrogens with zero attached hydrogens (tertiary/aromatic N) is 2. The third-order valence-corrected chi connectivity index (χ3v) is 5.62. The van der Waals surface area contributed by atoms with E-state index in [9.17, 15) is 29.6 Å². The summed E-state index contributed by atoms with van der Waals surface area (Å²) < 4.78 is 5.22. The van der Waals surface area contributed by atoms with Gasteiger partial charge in [-0.2, -0.15) is 0 Å². The van der Waals surface area contributed by atoms with Crippen molar-refractivity contribution in [2.45, 2.75) is 20.8 Å². The Hall–Kier alpha value is -3.86. The summed E-state index contributed by atoms with van der Waals surface area (Å²) in [6.45, 7) is 5.02. The number of anilines is 1. The molecule has 10 nitrogen and oxygen atoms in total. The van der Waals surface area contributed by atoms with Crippen molar-refractivity contribution in [1.29, 1.82) is 0 Å². The summed E-state index contributed by atoms with van der Waals surface area (Å²) in [6.07, 6.45) is 1.28. The van der Waals surface area contributed by atoms with Gasteiger partial charge in [-0.15, -0.1) is 0 Å². The van der Waals surface area contributed by atoms with Crippen LogP contribution < -0.4 is 10.1 Å². The summed E-state index contributed by atoms with van der Waals surface area (Å²) in [5, 5.41) is 23.3. The molecule has 0 spiro atoms. The number of ether oxygens (including phenoxy) is 1. The number of hydrogen-bond donors (Lipinski definition) is 2. The third-order valence-electron chi connectivity index (χ3n) is 4.71. The fourth-order valence-corrected chi connectivity index (χ4v) is 3.93. The van der Waals surface area contributed by atoms with Gasteiger partial charge >= 0.3 is 5.69 Å². The number of imide groups is 1. The molecule has 1 heterocycles. The Bertz CT molecular complexity index is 1190. The number of aromatic hydroxyl groups is 1. The van der Waals surface area contributed by atoms with Gasteiger partial charge in [0.05, 0.1) is 16.4 Å². The summed E-state index contributed by atoms with van der Waals surface area (Å²) in [7, 11) is 0. The average Bonchev–Trinajstić information content (AvgIpc) is 3.00. The van der Waals surface area contributed by atoms with E-state index in [4.69, 9.17) is 4.74 Å². The third kappa shape index (κ3) is 5.32. The second kappa shape index (κ2) is 9.74. The number of carbonyl (C=O) groups excluding carboxylic acids is 3. The average molecular weight is 471 g/mol. The minimum absolute atomic E-state index is 0.0121. The molecule has 3 amide bonds. The van der Waals surface area contributed by atoms with Crippen molar-refractivity contribution in [2.75, 3.05) is 18.5 Å². The molecule has 0 radical (unpaired) electrons. The number of rotatable bonds is 7. The molecule has 0 bridgehead atoms. The molecule has 1 fully saturated rings. The number of phenols is 1. The molecule has 172 valence electrons. The van der Waals surface area contributed by atoms with E-state index >= 15 is 0 Å². The van der Waals surface area contributed by atoms with Gasteiger partial charge in [-0.3, -0.25) is 29.4 Å². The van der Waals surface area contributed by atoms with Crippen molar-refractivity contribution in [3.8, 4) is 11.5 Å². The SMILES string of the molecule is CCOc1cc(/C=C2\SC(=O)N(CC(=O)Nc3cc(C)ccc3C)C2=O)cc([N+](=O)[O-])c1O. The molecule has 0 aliphatic carbocycles. The van der Waals surface area contributed by atoms with Gasteiger partial charge in [-0.1, -0.05) is 12.1 Å². The Morgan fingerprint density at radius 1 is 1.27 bits per heavy atom. The number of phenolic OH excluding ortho intramolecular Hbond substituents is 1. The predicted octanol–water partition coefficient (Wildman–Crippen LogP) is 3.99. The first-order valence-electron chi connectivity index (χ1n) is 9.87. The maximum atomic E-state index is 12.7. The monoisotopic (exact) mass is 471 g/mol. The van der Waals surface area contributed by atoms with E-state index in [-0.39, 0.29) is 22.8 Å². The topological polar surface area (TPSA) is 139 Å². The van der Waals surface area contributed by atoms with Crippen molar-refractivity contribution in [2.24, 2.45) is 0 Å². The van der Waals surface area contributed by atoms with Crippen LogP contribution in [0.15, 0.2) is 35.2 Å². The number of benzene rings is 2. The fraction of sp³-hybridized carbons (Fsp3) is 0.227. The number of amides is 3. The zero-order valence-corrected chi connectivity index (χ0v) is 18.9. The number of nitrogens with one attached hydrogen (secondary N) is 1. The number of nitro benzene ring substituents is 1. The van der Waals surface area contributed by atoms with Crippen LogP contribution in [-0.2, 0) is 9.59 Å². The van der Waals surface area contributed by atoms with E-state index in [0.717, 1.165) is 22.1 Å². The molecular weight excluding hydrogens is 450 g/mol. The van der Waals surface area contributed by atoms with E-state index in [0.29, 0.717) is 17.4 Å². The van der Waals surface area contributed by atoms with Gasteiger partial charge in [-0.05, 0) is 67.4 Å². The number of nitro groups is 1. The number of carbonyl (C=O) groups is 3. The van der Waals surface area contributed by atoms with Gasteiger partial charge in [0.15, 0.2) is 5.75 Å². The Kier molecular flexibility index (Phi) is 7.02. The van der Waals surface area contributed by atoms with Gasteiger partial charge in [0.2, 0.25) is 11.7 Å². The zero-order chi connectivity index (χ0) is 24.3. The van der Waals surface area contributed by atoms with Crippen molar-refractivity contribution in [3.63, 3.8) is 0 Å². The molecule has 1 saturated heterocycles. The summed E-state index contributed by atoms with van der Waals surface area (Å²) in [6, 6.07) is 7.93. The summed E-state index contributed by atoms with van der Waals surface area (Å²) >= 11 is 0.614. The number of hydrogen-bond acceptors (Lipinski definition) is 8. The molecule has 2 aromatic rings. The van der Waals surface area contributed by atoms with Crippen LogP contribution in [0.1, 0.15) is 23.6 Å². The standard InChI is InChI=1S/C22H21N3O7S/c1-4-32-17-9-14(8-16(20(17)27)25(30)31)10-18-21(28)24(22(29)33-18)11-19(26)23-15-7-12(2)5-6-13(15)3/h5-10,27H,4,11H2,1-3H3,(H,23,26)/b18-10-. The maximum Gasteiger partial charge on any atom is 0.315 e. The lowest BCUT2D eigenvalue weighted by Gasteiger charge is -2.14. The molecular formula is C22H21N3O7S. The first-order valence-corrected chi connectivity index (χ1v) is 10.7. The van der Waals surface area contributed by atoms with Crippen LogP contribution in [-0.4, -0.2) is 45.1 Å². The summed E-state index contributed by atoms with van der Waals surface area (Å²) in [5.41, 5.74) is 1.96.